The second kappa shape index (κ2) is 5.92. The standard InChI is InChI=1S/C11H10ClNO3/c12-9-4-2-1-3-8(9)5-6-10(14)13-7-11(15)16/h1-6H,7H2,(H,13,14)(H,15,16). The Kier molecular flexibility index (Phi) is 4.54. The largest absolute Gasteiger partial charge is 0.480 e. The molecule has 0 atom stereocenters. The van der Waals surface area contributed by atoms with Crippen molar-refractivity contribution in [1.82, 2.24) is 5.32 Å². The summed E-state index contributed by atoms with van der Waals surface area (Å²) < 4.78 is 0. The number of carbonyl (C=O) groups excluding carboxylic acids is 1. The minimum atomic E-state index is -1.08. The maximum absolute atomic E-state index is 11.1. The van der Waals surface area contributed by atoms with Crippen molar-refractivity contribution in [3.63, 3.8) is 0 Å². The van der Waals surface area contributed by atoms with Gasteiger partial charge in [-0.1, -0.05) is 29.8 Å². The lowest BCUT2D eigenvalue weighted by Gasteiger charge is -1.98. The van der Waals surface area contributed by atoms with Gasteiger partial charge in [0.05, 0.1) is 0 Å². The lowest BCUT2D eigenvalue weighted by Crippen LogP contribution is -2.27. The van der Waals surface area contributed by atoms with E-state index in [1.165, 1.54) is 12.2 Å². The van der Waals surface area contributed by atoms with Crippen molar-refractivity contribution in [2.24, 2.45) is 0 Å². The molecule has 16 heavy (non-hydrogen) atoms. The van der Waals surface area contributed by atoms with Gasteiger partial charge in [0.15, 0.2) is 0 Å². The zero-order chi connectivity index (χ0) is 12.0. The van der Waals surface area contributed by atoms with Gasteiger partial charge in [0.25, 0.3) is 0 Å². The van der Waals surface area contributed by atoms with Crippen LogP contribution in [0.2, 0.25) is 5.02 Å². The monoisotopic (exact) mass is 239 g/mol. The minimum Gasteiger partial charge on any atom is -0.480 e. The smallest absolute Gasteiger partial charge is 0.322 e. The summed E-state index contributed by atoms with van der Waals surface area (Å²) in [6, 6.07) is 7.03. The van der Waals surface area contributed by atoms with Crippen molar-refractivity contribution in [3.05, 3.63) is 40.9 Å². The summed E-state index contributed by atoms with van der Waals surface area (Å²) >= 11 is 5.86. The molecule has 0 aliphatic rings. The lowest BCUT2D eigenvalue weighted by molar-refractivity contribution is -0.137. The van der Waals surface area contributed by atoms with Crippen LogP contribution in [-0.2, 0) is 9.59 Å². The first-order valence-electron chi connectivity index (χ1n) is 4.52. The SMILES string of the molecule is O=C(O)CNC(=O)C=Cc1ccccc1Cl. The van der Waals surface area contributed by atoms with E-state index < -0.39 is 18.4 Å². The number of benzene rings is 1. The Morgan fingerprint density at radius 3 is 2.69 bits per heavy atom. The first kappa shape index (κ1) is 12.3. The average molecular weight is 240 g/mol. The van der Waals surface area contributed by atoms with Crippen molar-refractivity contribution in [3.8, 4) is 0 Å². The third-order valence-corrected chi connectivity index (χ3v) is 2.08. The molecular formula is C11H10ClNO3. The van der Waals surface area contributed by atoms with Gasteiger partial charge in [0, 0.05) is 11.1 Å². The molecule has 0 fully saturated rings. The van der Waals surface area contributed by atoms with E-state index in [0.717, 1.165) is 0 Å². The molecule has 1 amide bonds. The number of rotatable bonds is 4. The van der Waals surface area contributed by atoms with Crippen molar-refractivity contribution in [2.45, 2.75) is 0 Å². The Morgan fingerprint density at radius 1 is 1.38 bits per heavy atom. The molecule has 0 bridgehead atoms. The second-order valence-corrected chi connectivity index (χ2v) is 3.37. The summed E-state index contributed by atoms with van der Waals surface area (Å²) in [5, 5.41) is 11.1. The van der Waals surface area contributed by atoms with Gasteiger partial charge < -0.3 is 10.4 Å². The molecule has 5 heteroatoms. The van der Waals surface area contributed by atoms with E-state index in [9.17, 15) is 9.59 Å². The Bertz CT molecular complexity index is 429. The van der Waals surface area contributed by atoms with Crippen LogP contribution in [0.3, 0.4) is 0 Å². The highest BCUT2D eigenvalue weighted by Crippen LogP contribution is 2.15. The fourth-order valence-corrected chi connectivity index (χ4v) is 1.20. The van der Waals surface area contributed by atoms with Crippen molar-refractivity contribution >= 4 is 29.6 Å². The average Bonchev–Trinajstić information content (AvgIpc) is 2.25. The van der Waals surface area contributed by atoms with Crippen LogP contribution < -0.4 is 5.32 Å². The van der Waals surface area contributed by atoms with Crippen LogP contribution in [0.5, 0.6) is 0 Å². The molecule has 0 spiro atoms. The number of carboxylic acids is 1. The molecule has 84 valence electrons. The number of nitrogens with one attached hydrogen (secondary N) is 1. The van der Waals surface area contributed by atoms with Crippen molar-refractivity contribution in [1.29, 1.82) is 0 Å². The number of hydrogen-bond donors (Lipinski definition) is 2. The van der Waals surface area contributed by atoms with Gasteiger partial charge in [-0.2, -0.15) is 0 Å². The predicted molar refractivity (Wildman–Crippen MR) is 61.1 cm³/mol. The Morgan fingerprint density at radius 2 is 2.06 bits per heavy atom. The van der Waals surface area contributed by atoms with Gasteiger partial charge in [0.2, 0.25) is 5.91 Å². The summed E-state index contributed by atoms with van der Waals surface area (Å²) in [6.07, 6.45) is 2.77. The van der Waals surface area contributed by atoms with Crippen LogP contribution in [0.1, 0.15) is 5.56 Å². The van der Waals surface area contributed by atoms with E-state index in [0.29, 0.717) is 10.6 Å². The van der Waals surface area contributed by atoms with E-state index >= 15 is 0 Å². The molecule has 0 saturated carbocycles. The fourth-order valence-electron chi connectivity index (χ4n) is 0.997. The van der Waals surface area contributed by atoms with E-state index in [4.69, 9.17) is 16.7 Å². The Labute approximate surface area is 97.5 Å². The number of aliphatic carboxylic acids is 1. The highest BCUT2D eigenvalue weighted by molar-refractivity contribution is 6.32. The topological polar surface area (TPSA) is 66.4 Å². The molecule has 0 aliphatic heterocycles. The molecular weight excluding hydrogens is 230 g/mol. The van der Waals surface area contributed by atoms with Crippen LogP contribution in [0.4, 0.5) is 0 Å². The van der Waals surface area contributed by atoms with E-state index in [1.807, 2.05) is 0 Å². The molecule has 0 heterocycles. The molecule has 0 aliphatic carbocycles. The lowest BCUT2D eigenvalue weighted by atomic mass is 10.2. The summed E-state index contributed by atoms with van der Waals surface area (Å²) in [5.74, 6) is -1.55. The highest BCUT2D eigenvalue weighted by Gasteiger charge is 2.00. The molecule has 0 saturated heterocycles. The molecule has 0 unspecified atom stereocenters. The molecule has 1 aromatic carbocycles. The van der Waals surface area contributed by atoms with Gasteiger partial charge in [-0.3, -0.25) is 9.59 Å². The van der Waals surface area contributed by atoms with Gasteiger partial charge in [-0.15, -0.1) is 0 Å². The Hall–Kier alpha value is -1.81. The molecule has 1 aromatic rings. The maximum Gasteiger partial charge on any atom is 0.322 e. The predicted octanol–water partition coefficient (Wildman–Crippen LogP) is 1.55. The number of halogens is 1. The van der Waals surface area contributed by atoms with Crippen molar-refractivity contribution < 1.29 is 14.7 Å². The van der Waals surface area contributed by atoms with Crippen LogP contribution in [0, 0.1) is 0 Å². The van der Waals surface area contributed by atoms with E-state index in [1.54, 1.807) is 24.3 Å². The molecule has 1 rings (SSSR count). The number of hydrogen-bond acceptors (Lipinski definition) is 2. The third-order valence-electron chi connectivity index (χ3n) is 1.73. The zero-order valence-corrected chi connectivity index (χ0v) is 9.07. The molecule has 0 radical (unpaired) electrons. The first-order valence-corrected chi connectivity index (χ1v) is 4.89. The first-order chi connectivity index (χ1) is 7.59. The van der Waals surface area contributed by atoms with Gasteiger partial charge >= 0.3 is 5.97 Å². The molecule has 0 aromatic heterocycles. The number of carbonyl (C=O) groups is 2. The van der Waals surface area contributed by atoms with Gasteiger partial charge in [0.1, 0.15) is 6.54 Å². The van der Waals surface area contributed by atoms with Crippen LogP contribution in [0.15, 0.2) is 30.3 Å². The molecule has 2 N–H and O–H groups in total. The summed E-state index contributed by atoms with van der Waals surface area (Å²) in [4.78, 5) is 21.3. The minimum absolute atomic E-state index is 0.397. The van der Waals surface area contributed by atoms with Crippen LogP contribution >= 0.6 is 11.6 Å². The molecule has 4 nitrogen and oxygen atoms in total. The number of amides is 1. The van der Waals surface area contributed by atoms with Gasteiger partial charge in [-0.05, 0) is 17.7 Å². The Balaban J connectivity index is 2.57. The second-order valence-electron chi connectivity index (χ2n) is 2.97. The van der Waals surface area contributed by atoms with Gasteiger partial charge in [-0.25, -0.2) is 0 Å². The maximum atomic E-state index is 11.1. The normalized spacial score (nSPS) is 10.3. The van der Waals surface area contributed by atoms with E-state index in [-0.39, 0.29) is 0 Å². The van der Waals surface area contributed by atoms with Crippen LogP contribution in [-0.4, -0.2) is 23.5 Å². The van der Waals surface area contributed by atoms with Crippen molar-refractivity contribution in [2.75, 3.05) is 6.54 Å². The summed E-state index contributed by atoms with van der Waals surface area (Å²) in [7, 11) is 0. The summed E-state index contributed by atoms with van der Waals surface area (Å²) in [6.45, 7) is -0.397. The zero-order valence-electron chi connectivity index (χ0n) is 8.31. The third kappa shape index (κ3) is 4.14. The fraction of sp³-hybridized carbons (Fsp3) is 0.0909. The van der Waals surface area contributed by atoms with E-state index in [2.05, 4.69) is 5.32 Å². The highest BCUT2D eigenvalue weighted by atomic mass is 35.5. The number of carboxylic acid groups (broad SMARTS) is 1. The quantitative estimate of drug-likeness (QED) is 0.784. The summed E-state index contributed by atoms with van der Waals surface area (Å²) in [5.41, 5.74) is 0.703. The van der Waals surface area contributed by atoms with Crippen LogP contribution in [0.25, 0.3) is 6.08 Å².